The summed E-state index contributed by atoms with van der Waals surface area (Å²) in [5.41, 5.74) is 5.78. The Morgan fingerprint density at radius 3 is 2.15 bits per heavy atom. The van der Waals surface area contributed by atoms with Crippen molar-refractivity contribution in [3.8, 4) is 45.6 Å². The molecule has 1 heterocycles. The molecule has 0 radical (unpaired) electrons. The largest absolute Gasteiger partial charge is 0.508 e. The topological polar surface area (TPSA) is 97.6 Å². The molecule has 1 aliphatic carbocycles. The van der Waals surface area contributed by atoms with Crippen LogP contribution >= 0.6 is 0 Å². The standard InChI is InChI=1S/C26H26O7/c1-30-21-10-16(28)6-14-5-4-13-7-20-18(11-17(13)24(14)21)19(12-27)26(33-20)15-8-22(31-2)25(29)23(9-15)32-3/h6-11,19,26-29H,4-5,12H2,1-3H3/t19-,26+/m0/s1. The van der Waals surface area contributed by atoms with E-state index in [0.29, 0.717) is 5.75 Å². The number of fused-ring (bicyclic) bond motifs is 4. The van der Waals surface area contributed by atoms with Crippen LogP contribution in [0.3, 0.4) is 0 Å². The summed E-state index contributed by atoms with van der Waals surface area (Å²) < 4.78 is 22.5. The molecule has 7 nitrogen and oxygen atoms in total. The second kappa shape index (κ2) is 8.08. The number of phenolic OH excluding ortho intramolecular Hbond substituents is 2. The Labute approximate surface area is 191 Å². The van der Waals surface area contributed by atoms with Crippen LogP contribution in [0.25, 0.3) is 11.1 Å². The van der Waals surface area contributed by atoms with E-state index in [1.165, 1.54) is 14.2 Å². The van der Waals surface area contributed by atoms with Gasteiger partial charge in [-0.15, -0.1) is 0 Å². The van der Waals surface area contributed by atoms with E-state index in [1.54, 1.807) is 31.4 Å². The number of hydrogen-bond donors (Lipinski definition) is 3. The van der Waals surface area contributed by atoms with Gasteiger partial charge >= 0.3 is 0 Å². The third-order valence-electron chi connectivity index (χ3n) is 6.60. The first-order valence-corrected chi connectivity index (χ1v) is 10.8. The summed E-state index contributed by atoms with van der Waals surface area (Å²) in [5.74, 6) is 1.68. The van der Waals surface area contributed by atoms with Crippen molar-refractivity contribution < 1.29 is 34.3 Å². The third-order valence-corrected chi connectivity index (χ3v) is 6.60. The number of aryl methyl sites for hydroxylation is 2. The predicted molar refractivity (Wildman–Crippen MR) is 122 cm³/mol. The minimum atomic E-state index is -0.474. The average molecular weight is 450 g/mol. The summed E-state index contributed by atoms with van der Waals surface area (Å²) in [6, 6.07) is 10.9. The van der Waals surface area contributed by atoms with Gasteiger partial charge in [0.15, 0.2) is 11.5 Å². The molecule has 0 spiro atoms. The van der Waals surface area contributed by atoms with Crippen molar-refractivity contribution in [3.05, 3.63) is 58.7 Å². The summed E-state index contributed by atoms with van der Waals surface area (Å²) in [4.78, 5) is 0. The lowest BCUT2D eigenvalue weighted by atomic mass is 9.82. The Bertz CT molecular complexity index is 1190. The molecule has 2 atom stereocenters. The minimum Gasteiger partial charge on any atom is -0.508 e. The zero-order chi connectivity index (χ0) is 23.3. The van der Waals surface area contributed by atoms with Gasteiger partial charge in [-0.1, -0.05) is 0 Å². The van der Waals surface area contributed by atoms with Crippen LogP contribution in [0.5, 0.6) is 34.5 Å². The SMILES string of the molecule is COc1cc([C@H]2Oc3cc4c(cc3[C@@H]2CO)-c2c(cc(O)cc2OC)CC4)cc(OC)c1O. The summed E-state index contributed by atoms with van der Waals surface area (Å²) in [7, 11) is 4.55. The first-order valence-electron chi connectivity index (χ1n) is 10.8. The maximum Gasteiger partial charge on any atom is 0.200 e. The third kappa shape index (κ3) is 3.31. The Balaban J connectivity index is 1.62. The first kappa shape index (κ1) is 21.3. The quantitative estimate of drug-likeness (QED) is 0.538. The molecule has 1 aliphatic heterocycles. The number of aliphatic hydroxyl groups excluding tert-OH is 1. The molecule has 3 aromatic carbocycles. The average Bonchev–Trinajstić information content (AvgIpc) is 3.19. The molecule has 33 heavy (non-hydrogen) atoms. The van der Waals surface area contributed by atoms with Crippen molar-refractivity contribution in [2.24, 2.45) is 0 Å². The lowest BCUT2D eigenvalue weighted by molar-refractivity contribution is 0.159. The highest BCUT2D eigenvalue weighted by Crippen LogP contribution is 2.52. The Morgan fingerprint density at radius 1 is 0.848 bits per heavy atom. The molecule has 3 N–H and O–H groups in total. The first-order chi connectivity index (χ1) is 16.0. The molecule has 7 heteroatoms. The number of aliphatic hydroxyl groups is 1. The van der Waals surface area contributed by atoms with E-state index >= 15 is 0 Å². The molecule has 0 unspecified atom stereocenters. The van der Waals surface area contributed by atoms with Crippen molar-refractivity contribution in [2.45, 2.75) is 24.9 Å². The smallest absolute Gasteiger partial charge is 0.200 e. The number of benzene rings is 3. The highest BCUT2D eigenvalue weighted by atomic mass is 16.5. The van der Waals surface area contributed by atoms with Gasteiger partial charge in [0.1, 0.15) is 23.4 Å². The lowest BCUT2D eigenvalue weighted by Gasteiger charge is -2.23. The monoisotopic (exact) mass is 450 g/mol. The fraction of sp³-hybridized carbons (Fsp3) is 0.308. The second-order valence-electron chi connectivity index (χ2n) is 8.33. The van der Waals surface area contributed by atoms with Crippen LogP contribution in [-0.4, -0.2) is 43.3 Å². The Hall–Kier alpha value is -3.58. The summed E-state index contributed by atoms with van der Waals surface area (Å²) in [6.45, 7) is -0.123. The molecule has 5 rings (SSSR count). The fourth-order valence-corrected chi connectivity index (χ4v) is 5.01. The van der Waals surface area contributed by atoms with Gasteiger partial charge < -0.3 is 34.3 Å². The van der Waals surface area contributed by atoms with Crippen LogP contribution < -0.4 is 18.9 Å². The number of phenols is 2. The molecule has 3 aromatic rings. The molecule has 0 amide bonds. The van der Waals surface area contributed by atoms with Crippen LogP contribution in [0.2, 0.25) is 0 Å². The van der Waals surface area contributed by atoms with E-state index in [0.717, 1.165) is 52.0 Å². The van der Waals surface area contributed by atoms with Crippen molar-refractivity contribution >= 4 is 0 Å². The van der Waals surface area contributed by atoms with Gasteiger partial charge in [-0.3, -0.25) is 0 Å². The zero-order valence-electron chi connectivity index (χ0n) is 18.7. The van der Waals surface area contributed by atoms with Gasteiger partial charge in [0.05, 0.1) is 33.9 Å². The number of hydrogen-bond acceptors (Lipinski definition) is 7. The second-order valence-corrected chi connectivity index (χ2v) is 8.33. The van der Waals surface area contributed by atoms with E-state index in [4.69, 9.17) is 18.9 Å². The number of methoxy groups -OCH3 is 3. The Morgan fingerprint density at radius 2 is 1.52 bits per heavy atom. The molecular formula is C26H26O7. The van der Waals surface area contributed by atoms with Gasteiger partial charge in [-0.05, 0) is 59.9 Å². The number of rotatable bonds is 5. The number of aromatic hydroxyl groups is 2. The zero-order valence-corrected chi connectivity index (χ0v) is 18.7. The molecule has 0 saturated carbocycles. The molecule has 2 aliphatic rings. The van der Waals surface area contributed by atoms with E-state index in [2.05, 4.69) is 6.07 Å². The highest BCUT2D eigenvalue weighted by Gasteiger charge is 2.38. The van der Waals surface area contributed by atoms with E-state index in [1.807, 2.05) is 6.07 Å². The van der Waals surface area contributed by atoms with Crippen LogP contribution in [0.4, 0.5) is 0 Å². The Kier molecular flexibility index (Phi) is 5.21. The van der Waals surface area contributed by atoms with Crippen LogP contribution in [0.1, 0.15) is 34.3 Å². The highest BCUT2D eigenvalue weighted by molar-refractivity contribution is 5.81. The van der Waals surface area contributed by atoms with Crippen molar-refractivity contribution in [1.82, 2.24) is 0 Å². The van der Waals surface area contributed by atoms with Gasteiger partial charge in [0.25, 0.3) is 0 Å². The maximum atomic E-state index is 10.3. The lowest BCUT2D eigenvalue weighted by Crippen LogP contribution is -2.13. The predicted octanol–water partition coefficient (Wildman–Crippen LogP) is 4.10. The van der Waals surface area contributed by atoms with E-state index < -0.39 is 6.10 Å². The molecule has 0 bridgehead atoms. The number of ether oxygens (including phenoxy) is 4. The van der Waals surface area contributed by atoms with Gasteiger partial charge in [0, 0.05) is 22.8 Å². The van der Waals surface area contributed by atoms with Crippen LogP contribution in [0.15, 0.2) is 36.4 Å². The summed E-state index contributed by atoms with van der Waals surface area (Å²) in [5, 5.41) is 30.7. The molecule has 0 saturated heterocycles. The van der Waals surface area contributed by atoms with E-state index in [9.17, 15) is 15.3 Å². The van der Waals surface area contributed by atoms with Crippen molar-refractivity contribution in [3.63, 3.8) is 0 Å². The van der Waals surface area contributed by atoms with E-state index in [-0.39, 0.29) is 35.5 Å². The molecule has 0 aromatic heterocycles. The van der Waals surface area contributed by atoms with Gasteiger partial charge in [-0.2, -0.15) is 0 Å². The normalized spacial score (nSPS) is 18.1. The van der Waals surface area contributed by atoms with Gasteiger partial charge in [0.2, 0.25) is 5.75 Å². The molecular weight excluding hydrogens is 424 g/mol. The minimum absolute atomic E-state index is 0.0813. The maximum absolute atomic E-state index is 10.3. The molecule has 0 fully saturated rings. The van der Waals surface area contributed by atoms with Crippen molar-refractivity contribution in [2.75, 3.05) is 27.9 Å². The van der Waals surface area contributed by atoms with Crippen LogP contribution in [-0.2, 0) is 12.8 Å². The van der Waals surface area contributed by atoms with Gasteiger partial charge in [-0.25, -0.2) is 0 Å². The molecule has 172 valence electrons. The van der Waals surface area contributed by atoms with Crippen molar-refractivity contribution in [1.29, 1.82) is 0 Å². The summed E-state index contributed by atoms with van der Waals surface area (Å²) >= 11 is 0. The van der Waals surface area contributed by atoms with Crippen LogP contribution in [0, 0.1) is 0 Å². The summed E-state index contributed by atoms with van der Waals surface area (Å²) in [6.07, 6.45) is 1.12. The fourth-order valence-electron chi connectivity index (χ4n) is 5.01.